The van der Waals surface area contributed by atoms with Gasteiger partial charge in [-0.3, -0.25) is 0 Å². The Balaban J connectivity index is 2.90. The topological polar surface area (TPSA) is 27.7 Å². The Labute approximate surface area is 98.7 Å². The van der Waals surface area contributed by atoms with E-state index in [-0.39, 0.29) is 0 Å². The van der Waals surface area contributed by atoms with E-state index in [1.54, 1.807) is 11.3 Å². The minimum absolute atomic E-state index is 0.637. The van der Waals surface area contributed by atoms with Crippen molar-refractivity contribution >= 4 is 29.3 Å². The standard InChI is InChI=1S/C10H18GeO3S/c1-4-12-11(13-5-2,14-6-3)10-8-7-9-15-10/h7-9H,4-6H2,1-3H3. The second kappa shape index (κ2) is 6.65. The molecule has 0 aromatic carbocycles. The van der Waals surface area contributed by atoms with Crippen molar-refractivity contribution in [2.24, 2.45) is 0 Å². The molecule has 0 spiro atoms. The Hall–Kier alpha value is 0.123. The molecule has 0 amide bonds. The summed E-state index contributed by atoms with van der Waals surface area (Å²) >= 11 is -1.50. The van der Waals surface area contributed by atoms with Gasteiger partial charge in [0.2, 0.25) is 0 Å². The zero-order valence-electron chi connectivity index (χ0n) is 9.49. The van der Waals surface area contributed by atoms with Crippen LogP contribution in [0, 0.1) is 0 Å². The average molecular weight is 291 g/mol. The molecule has 1 rings (SSSR count). The summed E-state index contributed by atoms with van der Waals surface area (Å²) < 4.78 is 18.6. The molecule has 86 valence electrons. The summed E-state index contributed by atoms with van der Waals surface area (Å²) in [7, 11) is 0. The van der Waals surface area contributed by atoms with E-state index in [2.05, 4.69) is 0 Å². The van der Waals surface area contributed by atoms with Gasteiger partial charge >= 0.3 is 98.7 Å². The summed E-state index contributed by atoms with van der Waals surface area (Å²) in [6, 6.07) is 4.06. The Kier molecular flexibility index (Phi) is 5.85. The van der Waals surface area contributed by atoms with Crippen molar-refractivity contribution in [1.82, 2.24) is 0 Å². The van der Waals surface area contributed by atoms with E-state index < -0.39 is 14.3 Å². The Morgan fingerprint density at radius 1 is 1.07 bits per heavy atom. The summed E-state index contributed by atoms with van der Waals surface area (Å²) in [4.78, 5) is 0. The fraction of sp³-hybridized carbons (Fsp3) is 0.600. The van der Waals surface area contributed by atoms with Gasteiger partial charge in [-0.05, 0) is 0 Å². The first-order valence-electron chi connectivity index (χ1n) is 5.24. The summed E-state index contributed by atoms with van der Waals surface area (Å²) in [5.41, 5.74) is 0. The summed E-state index contributed by atoms with van der Waals surface area (Å²) in [6.07, 6.45) is 0. The third kappa shape index (κ3) is 3.29. The maximum atomic E-state index is 5.81. The summed E-state index contributed by atoms with van der Waals surface area (Å²) in [6.45, 7) is 7.84. The molecule has 1 aromatic rings. The minimum atomic E-state index is -3.16. The molecule has 15 heavy (non-hydrogen) atoms. The number of hydrogen-bond donors (Lipinski definition) is 0. The van der Waals surface area contributed by atoms with Gasteiger partial charge in [-0.25, -0.2) is 0 Å². The zero-order chi connectivity index (χ0) is 11.1. The van der Waals surface area contributed by atoms with Gasteiger partial charge in [0.15, 0.2) is 0 Å². The van der Waals surface area contributed by atoms with E-state index >= 15 is 0 Å². The van der Waals surface area contributed by atoms with Gasteiger partial charge in [-0.15, -0.1) is 0 Å². The van der Waals surface area contributed by atoms with Crippen LogP contribution >= 0.6 is 11.3 Å². The Bertz CT molecular complexity index is 247. The van der Waals surface area contributed by atoms with Crippen molar-refractivity contribution in [2.75, 3.05) is 19.8 Å². The predicted molar refractivity (Wildman–Crippen MR) is 64.6 cm³/mol. The van der Waals surface area contributed by atoms with Crippen molar-refractivity contribution in [3.8, 4) is 0 Å². The molecule has 5 heteroatoms. The van der Waals surface area contributed by atoms with Gasteiger partial charge < -0.3 is 0 Å². The molecule has 1 heterocycles. The molecular weight excluding hydrogens is 273 g/mol. The second-order valence-electron chi connectivity index (χ2n) is 2.83. The van der Waals surface area contributed by atoms with Crippen molar-refractivity contribution in [2.45, 2.75) is 20.8 Å². The number of thiophene rings is 1. The van der Waals surface area contributed by atoms with Gasteiger partial charge in [0, 0.05) is 0 Å². The van der Waals surface area contributed by atoms with Crippen LogP contribution in [0.5, 0.6) is 0 Å². The third-order valence-corrected chi connectivity index (χ3v) is 10.4. The summed E-state index contributed by atoms with van der Waals surface area (Å²) in [5.74, 6) is 0. The van der Waals surface area contributed by atoms with Gasteiger partial charge in [0.25, 0.3) is 0 Å². The quantitative estimate of drug-likeness (QED) is 0.719. The molecule has 0 aliphatic heterocycles. The summed E-state index contributed by atoms with van der Waals surface area (Å²) in [5, 5.41) is 2.03. The molecule has 0 saturated heterocycles. The number of hydrogen-bond acceptors (Lipinski definition) is 4. The van der Waals surface area contributed by atoms with Gasteiger partial charge in [-0.2, -0.15) is 0 Å². The van der Waals surface area contributed by atoms with Crippen LogP contribution in [0.2, 0.25) is 0 Å². The average Bonchev–Trinajstić information content (AvgIpc) is 2.72. The van der Waals surface area contributed by atoms with Crippen LogP contribution in [0.25, 0.3) is 0 Å². The first kappa shape index (κ1) is 13.2. The zero-order valence-corrected chi connectivity index (χ0v) is 12.4. The molecule has 0 fully saturated rings. The maximum absolute atomic E-state index is 5.81. The molecule has 0 radical (unpaired) electrons. The monoisotopic (exact) mass is 292 g/mol. The molecular formula is C10H18GeO3S. The van der Waals surface area contributed by atoms with Crippen LogP contribution in [0.4, 0.5) is 0 Å². The fourth-order valence-corrected chi connectivity index (χ4v) is 8.66. The van der Waals surface area contributed by atoms with Crippen molar-refractivity contribution in [1.29, 1.82) is 0 Å². The SMILES string of the molecule is CC[O][Ge]([O]CC)([O]CC)[c]1cccs1. The molecule has 0 unspecified atom stereocenters. The van der Waals surface area contributed by atoms with Crippen molar-refractivity contribution in [3.05, 3.63) is 17.5 Å². The fourth-order valence-electron chi connectivity index (χ4n) is 1.36. The normalized spacial score (nSPS) is 11.9. The molecule has 1 aromatic heterocycles. The van der Waals surface area contributed by atoms with Crippen LogP contribution in [0.3, 0.4) is 0 Å². The van der Waals surface area contributed by atoms with Gasteiger partial charge in [0.05, 0.1) is 0 Å². The van der Waals surface area contributed by atoms with E-state index in [1.165, 1.54) is 0 Å². The van der Waals surface area contributed by atoms with E-state index in [4.69, 9.17) is 11.3 Å². The molecule has 0 bridgehead atoms. The van der Waals surface area contributed by atoms with Crippen LogP contribution in [-0.4, -0.2) is 34.1 Å². The Morgan fingerprint density at radius 3 is 1.93 bits per heavy atom. The molecule has 0 aliphatic carbocycles. The van der Waals surface area contributed by atoms with E-state index in [1.807, 2.05) is 38.3 Å². The molecule has 0 aliphatic rings. The molecule has 0 atom stereocenters. The van der Waals surface area contributed by atoms with Crippen molar-refractivity contribution in [3.63, 3.8) is 0 Å². The molecule has 3 nitrogen and oxygen atoms in total. The second-order valence-corrected chi connectivity index (χ2v) is 9.82. The molecule has 0 N–H and O–H groups in total. The first-order chi connectivity index (χ1) is 7.29. The Morgan fingerprint density at radius 2 is 1.60 bits per heavy atom. The van der Waals surface area contributed by atoms with Crippen LogP contribution < -0.4 is 3.71 Å². The van der Waals surface area contributed by atoms with Crippen LogP contribution in [-0.2, 0) is 11.3 Å². The van der Waals surface area contributed by atoms with E-state index in [0.29, 0.717) is 19.8 Å². The van der Waals surface area contributed by atoms with Crippen LogP contribution in [0.15, 0.2) is 17.5 Å². The van der Waals surface area contributed by atoms with Gasteiger partial charge in [0.1, 0.15) is 0 Å². The number of rotatable bonds is 7. The molecule has 0 saturated carbocycles. The van der Waals surface area contributed by atoms with Gasteiger partial charge in [-0.1, -0.05) is 0 Å². The van der Waals surface area contributed by atoms with Crippen molar-refractivity contribution < 1.29 is 11.3 Å². The van der Waals surface area contributed by atoms with E-state index in [9.17, 15) is 0 Å². The third-order valence-electron chi connectivity index (χ3n) is 1.83. The van der Waals surface area contributed by atoms with Crippen LogP contribution in [0.1, 0.15) is 20.8 Å². The predicted octanol–water partition coefficient (Wildman–Crippen LogP) is 2.00. The first-order valence-corrected chi connectivity index (χ1v) is 9.74. The van der Waals surface area contributed by atoms with E-state index in [0.717, 1.165) is 3.71 Å².